The van der Waals surface area contributed by atoms with Gasteiger partial charge in [-0.15, -0.1) is 11.6 Å². The predicted octanol–water partition coefficient (Wildman–Crippen LogP) is 3.00. The van der Waals surface area contributed by atoms with Crippen molar-refractivity contribution in [3.05, 3.63) is 0 Å². The molecule has 0 heterocycles. The van der Waals surface area contributed by atoms with Gasteiger partial charge in [0.25, 0.3) is 0 Å². The third-order valence-corrected chi connectivity index (χ3v) is 3.49. The van der Waals surface area contributed by atoms with E-state index in [1.165, 1.54) is 19.3 Å². The molecule has 1 fully saturated rings. The van der Waals surface area contributed by atoms with Crippen LogP contribution in [-0.4, -0.2) is 44.1 Å². The summed E-state index contributed by atoms with van der Waals surface area (Å²) in [5.41, 5.74) is 0. The normalized spacial score (nSPS) is 18.0. The van der Waals surface area contributed by atoms with Crippen LogP contribution in [0.3, 0.4) is 0 Å². The molecule has 1 unspecified atom stereocenters. The molecule has 96 valence electrons. The van der Waals surface area contributed by atoms with E-state index in [0.717, 1.165) is 50.4 Å². The van der Waals surface area contributed by atoms with E-state index in [1.54, 1.807) is 0 Å². The molecule has 0 amide bonds. The molecule has 0 N–H and O–H groups in total. The Bertz CT molecular complexity index is 173. The Morgan fingerprint density at radius 1 is 1.31 bits per heavy atom. The number of nitrogens with zero attached hydrogens (tertiary/aromatic N) is 1. The zero-order valence-electron chi connectivity index (χ0n) is 10.8. The molecular weight excluding hydrogens is 222 g/mol. The Morgan fingerprint density at radius 3 is 2.69 bits per heavy atom. The summed E-state index contributed by atoms with van der Waals surface area (Å²) < 4.78 is 5.62. The van der Waals surface area contributed by atoms with Gasteiger partial charge in [-0.25, -0.2) is 0 Å². The molecule has 1 saturated carbocycles. The number of ether oxygens (including phenoxy) is 1. The lowest BCUT2D eigenvalue weighted by Crippen LogP contribution is -2.25. The maximum Gasteiger partial charge on any atom is 0.0593 e. The zero-order valence-corrected chi connectivity index (χ0v) is 11.5. The van der Waals surface area contributed by atoms with Crippen molar-refractivity contribution in [3.8, 4) is 0 Å². The quantitative estimate of drug-likeness (QED) is 0.435. The van der Waals surface area contributed by atoms with E-state index in [1.807, 2.05) is 0 Å². The second kappa shape index (κ2) is 8.32. The Balaban J connectivity index is 1.86. The molecule has 16 heavy (non-hydrogen) atoms. The van der Waals surface area contributed by atoms with Crippen molar-refractivity contribution < 1.29 is 4.74 Å². The van der Waals surface area contributed by atoms with Crippen LogP contribution in [0.25, 0.3) is 0 Å². The summed E-state index contributed by atoms with van der Waals surface area (Å²) >= 11 is 5.72. The van der Waals surface area contributed by atoms with Crippen molar-refractivity contribution in [2.75, 3.05) is 39.2 Å². The van der Waals surface area contributed by atoms with Crippen LogP contribution in [0.4, 0.5) is 0 Å². The first kappa shape index (κ1) is 14.3. The van der Waals surface area contributed by atoms with Gasteiger partial charge in [-0.1, -0.05) is 6.92 Å². The largest absolute Gasteiger partial charge is 0.380 e. The average molecular weight is 248 g/mol. The number of halogens is 1. The highest BCUT2D eigenvalue weighted by Crippen LogP contribution is 2.28. The van der Waals surface area contributed by atoms with Gasteiger partial charge >= 0.3 is 0 Å². The second-order valence-electron chi connectivity index (χ2n) is 5.19. The molecule has 0 spiro atoms. The predicted molar refractivity (Wildman–Crippen MR) is 70.2 cm³/mol. The van der Waals surface area contributed by atoms with Crippen LogP contribution < -0.4 is 0 Å². The first-order chi connectivity index (χ1) is 7.72. The molecule has 1 aliphatic rings. The molecule has 1 atom stereocenters. The van der Waals surface area contributed by atoms with Crippen LogP contribution in [0.2, 0.25) is 0 Å². The summed E-state index contributed by atoms with van der Waals surface area (Å²) in [5.74, 6) is 2.41. The fourth-order valence-electron chi connectivity index (χ4n) is 1.64. The Morgan fingerprint density at radius 2 is 2.06 bits per heavy atom. The highest BCUT2D eigenvalue weighted by molar-refractivity contribution is 6.17. The van der Waals surface area contributed by atoms with Crippen molar-refractivity contribution in [2.24, 2.45) is 11.8 Å². The van der Waals surface area contributed by atoms with Gasteiger partial charge in [-0.3, -0.25) is 0 Å². The lowest BCUT2D eigenvalue weighted by Gasteiger charge is -2.18. The number of likely N-dealkylation sites (N-methyl/N-ethyl adjacent to an activating group) is 1. The van der Waals surface area contributed by atoms with Crippen molar-refractivity contribution in [2.45, 2.75) is 32.6 Å². The number of rotatable bonds is 10. The van der Waals surface area contributed by atoms with Gasteiger partial charge in [0.2, 0.25) is 0 Å². The topological polar surface area (TPSA) is 12.5 Å². The van der Waals surface area contributed by atoms with Crippen LogP contribution in [0, 0.1) is 11.8 Å². The average Bonchev–Trinajstić information content (AvgIpc) is 3.06. The fourth-order valence-corrected chi connectivity index (χ4v) is 2.01. The molecule has 1 aliphatic carbocycles. The SMILES string of the molecule is CC(CCCl)CCN(C)CCOCC1CC1. The summed E-state index contributed by atoms with van der Waals surface area (Å²) in [5, 5.41) is 0. The second-order valence-corrected chi connectivity index (χ2v) is 5.57. The van der Waals surface area contributed by atoms with Crippen molar-refractivity contribution in [1.29, 1.82) is 0 Å². The molecule has 0 bridgehead atoms. The lowest BCUT2D eigenvalue weighted by atomic mass is 10.1. The standard InChI is InChI=1S/C13H26ClNO/c1-12(5-7-14)6-8-15(2)9-10-16-11-13-3-4-13/h12-13H,3-11H2,1-2H3. The van der Waals surface area contributed by atoms with Gasteiger partial charge in [0.1, 0.15) is 0 Å². The Hall–Kier alpha value is 0.210. The van der Waals surface area contributed by atoms with Crippen LogP contribution >= 0.6 is 11.6 Å². The molecule has 0 aromatic heterocycles. The van der Waals surface area contributed by atoms with Gasteiger partial charge < -0.3 is 9.64 Å². The number of hydrogen-bond donors (Lipinski definition) is 0. The van der Waals surface area contributed by atoms with Crippen LogP contribution in [0.1, 0.15) is 32.6 Å². The summed E-state index contributed by atoms with van der Waals surface area (Å²) in [7, 11) is 2.17. The van der Waals surface area contributed by atoms with E-state index in [0.29, 0.717) is 0 Å². The van der Waals surface area contributed by atoms with Crippen molar-refractivity contribution in [3.63, 3.8) is 0 Å². The van der Waals surface area contributed by atoms with Gasteiger partial charge in [0.05, 0.1) is 6.61 Å². The van der Waals surface area contributed by atoms with Crippen molar-refractivity contribution in [1.82, 2.24) is 4.90 Å². The van der Waals surface area contributed by atoms with E-state index in [2.05, 4.69) is 18.9 Å². The molecule has 3 heteroatoms. The minimum atomic E-state index is 0.743. The molecule has 0 saturated heterocycles. The molecule has 0 aromatic rings. The Kier molecular flexibility index (Phi) is 7.42. The van der Waals surface area contributed by atoms with E-state index < -0.39 is 0 Å². The monoisotopic (exact) mass is 247 g/mol. The third-order valence-electron chi connectivity index (χ3n) is 3.27. The van der Waals surface area contributed by atoms with Crippen molar-refractivity contribution >= 4 is 11.6 Å². The molecule has 0 aromatic carbocycles. The smallest absolute Gasteiger partial charge is 0.0593 e. The van der Waals surface area contributed by atoms with Crippen LogP contribution in [0.15, 0.2) is 0 Å². The first-order valence-electron chi connectivity index (χ1n) is 6.54. The van der Waals surface area contributed by atoms with Gasteiger partial charge in [0.15, 0.2) is 0 Å². The van der Waals surface area contributed by atoms with E-state index in [4.69, 9.17) is 16.3 Å². The minimum absolute atomic E-state index is 0.743. The number of alkyl halides is 1. The molecule has 1 rings (SSSR count). The zero-order chi connectivity index (χ0) is 11.8. The summed E-state index contributed by atoms with van der Waals surface area (Å²) in [6, 6.07) is 0. The fraction of sp³-hybridized carbons (Fsp3) is 1.00. The summed E-state index contributed by atoms with van der Waals surface area (Å²) in [6.45, 7) is 6.36. The van der Waals surface area contributed by atoms with Gasteiger partial charge in [-0.2, -0.15) is 0 Å². The molecule has 0 aliphatic heterocycles. The third kappa shape index (κ3) is 7.48. The highest BCUT2D eigenvalue weighted by atomic mass is 35.5. The molecule has 0 radical (unpaired) electrons. The lowest BCUT2D eigenvalue weighted by molar-refractivity contribution is 0.102. The molecule has 2 nitrogen and oxygen atoms in total. The van der Waals surface area contributed by atoms with Crippen LogP contribution in [-0.2, 0) is 4.74 Å². The number of hydrogen-bond acceptors (Lipinski definition) is 2. The first-order valence-corrected chi connectivity index (χ1v) is 7.08. The molecular formula is C13H26ClNO. The van der Waals surface area contributed by atoms with Gasteiger partial charge in [-0.05, 0) is 51.1 Å². The maximum atomic E-state index is 5.72. The Labute approximate surface area is 105 Å². The van der Waals surface area contributed by atoms with E-state index >= 15 is 0 Å². The summed E-state index contributed by atoms with van der Waals surface area (Å²) in [6.07, 6.45) is 5.14. The van der Waals surface area contributed by atoms with Crippen LogP contribution in [0.5, 0.6) is 0 Å². The van der Waals surface area contributed by atoms with E-state index in [9.17, 15) is 0 Å². The minimum Gasteiger partial charge on any atom is -0.380 e. The van der Waals surface area contributed by atoms with Gasteiger partial charge in [0, 0.05) is 19.0 Å². The maximum absolute atomic E-state index is 5.72. The summed E-state index contributed by atoms with van der Waals surface area (Å²) in [4.78, 5) is 2.36. The highest BCUT2D eigenvalue weighted by Gasteiger charge is 2.20. The van der Waals surface area contributed by atoms with E-state index in [-0.39, 0.29) is 0 Å².